The molecular weight excluding hydrogens is 374 g/mol. The summed E-state index contributed by atoms with van der Waals surface area (Å²) in [5, 5.41) is 0. The van der Waals surface area contributed by atoms with Gasteiger partial charge >= 0.3 is 5.97 Å². The molecule has 0 bridgehead atoms. The molecule has 5 nitrogen and oxygen atoms in total. The third kappa shape index (κ3) is 3.65. The minimum atomic E-state index is -0.486. The highest BCUT2D eigenvalue weighted by atomic mass is 79.9. The number of esters is 1. The minimum Gasteiger partial charge on any atom is -0.497 e. The molecule has 24 heavy (non-hydrogen) atoms. The quantitative estimate of drug-likeness (QED) is 0.604. The summed E-state index contributed by atoms with van der Waals surface area (Å²) in [6.45, 7) is -0.0463. The van der Waals surface area contributed by atoms with Crippen LogP contribution < -0.4 is 4.74 Å². The third-order valence-corrected chi connectivity index (χ3v) is 4.02. The van der Waals surface area contributed by atoms with E-state index >= 15 is 0 Å². The van der Waals surface area contributed by atoms with Crippen LogP contribution in [0, 0.1) is 0 Å². The second-order valence-electron chi connectivity index (χ2n) is 4.91. The Bertz CT molecular complexity index is 845. The maximum Gasteiger partial charge on any atom is 0.339 e. The average Bonchev–Trinajstić information content (AvgIpc) is 3.10. The van der Waals surface area contributed by atoms with Crippen molar-refractivity contribution < 1.29 is 18.7 Å². The van der Waals surface area contributed by atoms with E-state index < -0.39 is 5.97 Å². The van der Waals surface area contributed by atoms with Crippen molar-refractivity contribution in [2.75, 3.05) is 7.11 Å². The van der Waals surface area contributed by atoms with Gasteiger partial charge in [-0.25, -0.2) is 9.78 Å². The summed E-state index contributed by atoms with van der Waals surface area (Å²) in [5.74, 6) is 1.05. The Morgan fingerprint density at radius 3 is 2.75 bits per heavy atom. The maximum atomic E-state index is 12.2. The van der Waals surface area contributed by atoms with Crippen LogP contribution in [0.3, 0.4) is 0 Å². The number of hydrogen-bond donors (Lipinski definition) is 0. The summed E-state index contributed by atoms with van der Waals surface area (Å²) in [4.78, 5) is 16.3. The number of carbonyl (C=O) groups is 1. The van der Waals surface area contributed by atoms with Crippen molar-refractivity contribution in [1.82, 2.24) is 4.98 Å². The van der Waals surface area contributed by atoms with E-state index in [1.54, 1.807) is 24.4 Å². The van der Waals surface area contributed by atoms with Crippen LogP contribution in [0.5, 0.6) is 5.75 Å². The standard InChI is InChI=1S/C18H14BrNO4/c1-22-13-7-8-15(19)14(9-13)18(21)23-11-17-20-10-16(24-17)12-5-3-2-4-6-12/h2-10H,11H2,1H3. The van der Waals surface area contributed by atoms with E-state index in [0.29, 0.717) is 27.4 Å². The Kier molecular flexibility index (Phi) is 4.96. The van der Waals surface area contributed by atoms with Gasteiger partial charge in [-0.3, -0.25) is 0 Å². The summed E-state index contributed by atoms with van der Waals surface area (Å²) in [7, 11) is 1.54. The van der Waals surface area contributed by atoms with Crippen LogP contribution in [0.4, 0.5) is 0 Å². The smallest absolute Gasteiger partial charge is 0.339 e. The number of aromatic nitrogens is 1. The second kappa shape index (κ2) is 7.31. The monoisotopic (exact) mass is 387 g/mol. The highest BCUT2D eigenvalue weighted by Gasteiger charge is 2.15. The molecule has 0 aliphatic carbocycles. The van der Waals surface area contributed by atoms with Crippen molar-refractivity contribution in [3.63, 3.8) is 0 Å². The molecule has 0 amide bonds. The molecule has 0 atom stereocenters. The zero-order chi connectivity index (χ0) is 16.9. The van der Waals surface area contributed by atoms with E-state index in [1.807, 2.05) is 30.3 Å². The lowest BCUT2D eigenvalue weighted by molar-refractivity contribution is 0.0437. The van der Waals surface area contributed by atoms with Gasteiger partial charge in [0, 0.05) is 10.0 Å². The van der Waals surface area contributed by atoms with E-state index in [1.165, 1.54) is 7.11 Å². The summed E-state index contributed by atoms with van der Waals surface area (Å²) in [6.07, 6.45) is 1.61. The van der Waals surface area contributed by atoms with Gasteiger partial charge in [0.25, 0.3) is 0 Å². The highest BCUT2D eigenvalue weighted by molar-refractivity contribution is 9.10. The summed E-state index contributed by atoms with van der Waals surface area (Å²) >= 11 is 3.33. The third-order valence-electron chi connectivity index (χ3n) is 3.33. The van der Waals surface area contributed by atoms with Crippen LogP contribution in [-0.2, 0) is 11.3 Å². The summed E-state index contributed by atoms with van der Waals surface area (Å²) in [5.41, 5.74) is 1.29. The van der Waals surface area contributed by atoms with E-state index in [-0.39, 0.29) is 6.61 Å². The number of methoxy groups -OCH3 is 1. The Balaban J connectivity index is 1.68. The number of carbonyl (C=O) groups excluding carboxylic acids is 1. The van der Waals surface area contributed by atoms with Crippen molar-refractivity contribution in [2.45, 2.75) is 6.61 Å². The molecule has 0 saturated heterocycles. The Morgan fingerprint density at radius 1 is 1.21 bits per heavy atom. The SMILES string of the molecule is COc1ccc(Br)c(C(=O)OCc2ncc(-c3ccccc3)o2)c1. The van der Waals surface area contributed by atoms with Gasteiger partial charge in [-0.2, -0.15) is 0 Å². The summed E-state index contributed by atoms with van der Waals surface area (Å²) in [6, 6.07) is 14.7. The van der Waals surface area contributed by atoms with Gasteiger partial charge in [-0.1, -0.05) is 30.3 Å². The van der Waals surface area contributed by atoms with Crippen molar-refractivity contribution >= 4 is 21.9 Å². The van der Waals surface area contributed by atoms with Gasteiger partial charge in [-0.05, 0) is 34.1 Å². The fourth-order valence-corrected chi connectivity index (χ4v) is 2.51. The lowest BCUT2D eigenvalue weighted by Crippen LogP contribution is -2.06. The Morgan fingerprint density at radius 2 is 2.00 bits per heavy atom. The predicted molar refractivity (Wildman–Crippen MR) is 91.8 cm³/mol. The lowest BCUT2D eigenvalue weighted by Gasteiger charge is -2.06. The van der Waals surface area contributed by atoms with Crippen LogP contribution >= 0.6 is 15.9 Å². The number of ether oxygens (including phenoxy) is 2. The van der Waals surface area contributed by atoms with Crippen molar-refractivity contribution in [3.8, 4) is 17.1 Å². The zero-order valence-electron chi connectivity index (χ0n) is 12.9. The number of hydrogen-bond acceptors (Lipinski definition) is 5. The van der Waals surface area contributed by atoms with Crippen molar-refractivity contribution in [1.29, 1.82) is 0 Å². The van der Waals surface area contributed by atoms with E-state index in [4.69, 9.17) is 13.9 Å². The molecule has 3 aromatic rings. The minimum absolute atomic E-state index is 0.0463. The Hall–Kier alpha value is -2.60. The molecule has 6 heteroatoms. The molecule has 0 fully saturated rings. The predicted octanol–water partition coefficient (Wildman–Crippen LogP) is 4.47. The van der Waals surface area contributed by atoms with Gasteiger partial charge in [0.1, 0.15) is 5.75 Å². The van der Waals surface area contributed by atoms with Crippen molar-refractivity contribution in [3.05, 3.63) is 70.7 Å². The number of halogens is 1. The molecular formula is C18H14BrNO4. The number of rotatable bonds is 5. The molecule has 0 aliphatic rings. The number of benzene rings is 2. The average molecular weight is 388 g/mol. The van der Waals surface area contributed by atoms with Crippen LogP contribution in [-0.4, -0.2) is 18.1 Å². The van der Waals surface area contributed by atoms with Crippen molar-refractivity contribution in [2.24, 2.45) is 0 Å². The zero-order valence-corrected chi connectivity index (χ0v) is 14.4. The highest BCUT2D eigenvalue weighted by Crippen LogP contribution is 2.24. The van der Waals surface area contributed by atoms with Gasteiger partial charge < -0.3 is 13.9 Å². The Labute approximate surface area is 147 Å². The largest absolute Gasteiger partial charge is 0.497 e. The number of oxazole rings is 1. The topological polar surface area (TPSA) is 61.6 Å². The van der Waals surface area contributed by atoms with Gasteiger partial charge in [0.15, 0.2) is 12.4 Å². The van der Waals surface area contributed by atoms with Gasteiger partial charge in [0.05, 0.1) is 18.9 Å². The second-order valence-corrected chi connectivity index (χ2v) is 5.76. The first-order valence-corrected chi connectivity index (χ1v) is 7.97. The molecule has 1 heterocycles. The molecule has 0 saturated carbocycles. The first kappa shape index (κ1) is 16.3. The molecule has 3 rings (SSSR count). The molecule has 122 valence electrons. The number of nitrogens with zero attached hydrogens (tertiary/aromatic N) is 1. The van der Waals surface area contributed by atoms with Crippen LogP contribution in [0.25, 0.3) is 11.3 Å². The lowest BCUT2D eigenvalue weighted by atomic mass is 10.2. The summed E-state index contributed by atoms with van der Waals surface area (Å²) < 4.78 is 16.6. The molecule has 0 aliphatic heterocycles. The van der Waals surface area contributed by atoms with E-state index in [9.17, 15) is 4.79 Å². The first-order valence-electron chi connectivity index (χ1n) is 7.18. The van der Waals surface area contributed by atoms with E-state index in [2.05, 4.69) is 20.9 Å². The van der Waals surface area contributed by atoms with Gasteiger partial charge in [0.2, 0.25) is 5.89 Å². The maximum absolute atomic E-state index is 12.2. The van der Waals surface area contributed by atoms with Gasteiger partial charge in [-0.15, -0.1) is 0 Å². The molecule has 0 spiro atoms. The normalized spacial score (nSPS) is 10.4. The fourth-order valence-electron chi connectivity index (χ4n) is 2.11. The van der Waals surface area contributed by atoms with Crippen LogP contribution in [0.15, 0.2) is 63.6 Å². The van der Waals surface area contributed by atoms with Crippen LogP contribution in [0.1, 0.15) is 16.2 Å². The molecule has 0 radical (unpaired) electrons. The molecule has 2 aromatic carbocycles. The van der Waals surface area contributed by atoms with Crippen LogP contribution in [0.2, 0.25) is 0 Å². The molecule has 1 aromatic heterocycles. The molecule has 0 unspecified atom stereocenters. The van der Waals surface area contributed by atoms with E-state index in [0.717, 1.165) is 5.56 Å². The first-order chi connectivity index (χ1) is 11.7. The fraction of sp³-hybridized carbons (Fsp3) is 0.111. The molecule has 0 N–H and O–H groups in total.